The zero-order valence-corrected chi connectivity index (χ0v) is 14.7. The number of fused-ring (bicyclic) bond motifs is 1. The summed E-state index contributed by atoms with van der Waals surface area (Å²) in [5.74, 6) is 0.279. The molecule has 0 radical (unpaired) electrons. The number of para-hydroxylation sites is 1. The Bertz CT molecular complexity index is 941. The minimum absolute atomic E-state index is 0.0983. The molecular formula is C19H15BrN2O3. The molecular weight excluding hydrogens is 384 g/mol. The molecule has 0 unspecified atom stereocenters. The first kappa shape index (κ1) is 17.0. The maximum Gasteiger partial charge on any atom is 0.277 e. The number of aromatic hydroxyl groups is 1. The van der Waals surface area contributed by atoms with Crippen molar-refractivity contribution in [2.45, 2.75) is 0 Å². The molecule has 0 spiro atoms. The van der Waals surface area contributed by atoms with Gasteiger partial charge in [-0.25, -0.2) is 5.43 Å². The smallest absolute Gasteiger partial charge is 0.277 e. The Morgan fingerprint density at radius 2 is 1.88 bits per heavy atom. The van der Waals surface area contributed by atoms with E-state index in [1.54, 1.807) is 12.1 Å². The highest BCUT2D eigenvalue weighted by atomic mass is 79.9. The molecule has 0 bridgehead atoms. The summed E-state index contributed by atoms with van der Waals surface area (Å²) in [4.78, 5) is 11.8. The third-order valence-electron chi connectivity index (χ3n) is 3.53. The van der Waals surface area contributed by atoms with E-state index in [1.165, 1.54) is 6.21 Å². The topological polar surface area (TPSA) is 70.9 Å². The lowest BCUT2D eigenvalue weighted by Crippen LogP contribution is -2.24. The van der Waals surface area contributed by atoms with Gasteiger partial charge in [0.15, 0.2) is 6.61 Å². The average Bonchev–Trinajstić information content (AvgIpc) is 2.63. The van der Waals surface area contributed by atoms with Crippen LogP contribution in [0.15, 0.2) is 70.2 Å². The lowest BCUT2D eigenvalue weighted by atomic mass is 10.0. The average molecular weight is 399 g/mol. The largest absolute Gasteiger partial charge is 0.507 e. The number of carbonyl (C=O) groups excluding carboxylic acids is 1. The number of hydrogen-bond acceptors (Lipinski definition) is 4. The quantitative estimate of drug-likeness (QED) is 0.506. The van der Waals surface area contributed by atoms with Crippen molar-refractivity contribution in [3.8, 4) is 11.5 Å². The van der Waals surface area contributed by atoms with Crippen LogP contribution in [0.5, 0.6) is 11.5 Å². The first-order chi connectivity index (χ1) is 12.1. The number of halogens is 1. The van der Waals surface area contributed by atoms with E-state index in [0.717, 1.165) is 15.2 Å². The van der Waals surface area contributed by atoms with E-state index in [9.17, 15) is 9.90 Å². The predicted octanol–water partition coefficient (Wildman–Crippen LogP) is 3.84. The second-order valence-electron chi connectivity index (χ2n) is 5.23. The molecule has 0 heterocycles. The van der Waals surface area contributed by atoms with E-state index >= 15 is 0 Å². The van der Waals surface area contributed by atoms with Crippen LogP contribution < -0.4 is 10.2 Å². The number of hydrazone groups is 1. The molecule has 0 aliphatic rings. The predicted molar refractivity (Wildman–Crippen MR) is 101 cm³/mol. The van der Waals surface area contributed by atoms with Crippen molar-refractivity contribution < 1.29 is 14.6 Å². The summed E-state index contributed by atoms with van der Waals surface area (Å²) < 4.78 is 6.18. The van der Waals surface area contributed by atoms with Gasteiger partial charge in [0.05, 0.1) is 10.7 Å². The van der Waals surface area contributed by atoms with Gasteiger partial charge < -0.3 is 9.84 Å². The van der Waals surface area contributed by atoms with Gasteiger partial charge in [0.1, 0.15) is 11.5 Å². The molecule has 0 fully saturated rings. The van der Waals surface area contributed by atoms with Crippen molar-refractivity contribution in [3.63, 3.8) is 0 Å². The van der Waals surface area contributed by atoms with Crippen molar-refractivity contribution in [2.24, 2.45) is 5.10 Å². The van der Waals surface area contributed by atoms with Crippen LogP contribution in [0.2, 0.25) is 0 Å². The number of ether oxygens (including phenoxy) is 1. The number of phenolic OH excluding ortho intramolecular Hbond substituents is 1. The van der Waals surface area contributed by atoms with E-state index < -0.39 is 5.91 Å². The van der Waals surface area contributed by atoms with Crippen molar-refractivity contribution in [1.82, 2.24) is 5.43 Å². The lowest BCUT2D eigenvalue weighted by Gasteiger charge is -2.07. The van der Waals surface area contributed by atoms with E-state index in [-0.39, 0.29) is 12.4 Å². The summed E-state index contributed by atoms with van der Waals surface area (Å²) in [5, 5.41) is 15.8. The number of rotatable bonds is 5. The standard InChI is InChI=1S/C19H15BrN2O3/c20-16-7-3-4-8-18(16)25-12-19(24)22-21-11-15-14-6-2-1-5-13(14)9-10-17(15)23/h1-11,23H,12H2,(H,22,24). The molecule has 3 aromatic carbocycles. The molecule has 2 N–H and O–H groups in total. The molecule has 3 aromatic rings. The van der Waals surface area contributed by atoms with Gasteiger partial charge in [-0.15, -0.1) is 0 Å². The van der Waals surface area contributed by atoms with Crippen LogP contribution in [0.25, 0.3) is 10.8 Å². The third kappa shape index (κ3) is 4.16. The van der Waals surface area contributed by atoms with Gasteiger partial charge in [-0.1, -0.05) is 42.5 Å². The Hall–Kier alpha value is -2.86. The van der Waals surface area contributed by atoms with Crippen LogP contribution in [-0.4, -0.2) is 23.8 Å². The maximum absolute atomic E-state index is 11.8. The third-order valence-corrected chi connectivity index (χ3v) is 4.18. The van der Waals surface area contributed by atoms with Crippen molar-refractivity contribution >= 4 is 38.8 Å². The van der Waals surface area contributed by atoms with E-state index in [0.29, 0.717) is 11.3 Å². The molecule has 0 saturated heterocycles. The molecule has 0 aliphatic heterocycles. The van der Waals surface area contributed by atoms with Gasteiger partial charge in [-0.05, 0) is 44.9 Å². The van der Waals surface area contributed by atoms with Crippen LogP contribution in [-0.2, 0) is 4.79 Å². The Kier molecular flexibility index (Phi) is 5.30. The zero-order valence-electron chi connectivity index (χ0n) is 13.1. The summed E-state index contributed by atoms with van der Waals surface area (Å²) in [6, 6.07) is 18.3. The highest BCUT2D eigenvalue weighted by molar-refractivity contribution is 9.10. The Balaban J connectivity index is 1.64. The molecule has 0 atom stereocenters. The molecule has 3 rings (SSSR count). The lowest BCUT2D eigenvalue weighted by molar-refractivity contribution is -0.123. The fraction of sp³-hybridized carbons (Fsp3) is 0.0526. The summed E-state index contributed by atoms with van der Waals surface area (Å²) in [6.45, 7) is -0.165. The summed E-state index contributed by atoms with van der Waals surface area (Å²) in [5.41, 5.74) is 2.94. The van der Waals surface area contributed by atoms with Crippen molar-refractivity contribution in [1.29, 1.82) is 0 Å². The monoisotopic (exact) mass is 398 g/mol. The number of benzene rings is 3. The van der Waals surface area contributed by atoms with Crippen molar-refractivity contribution in [2.75, 3.05) is 6.61 Å². The van der Waals surface area contributed by atoms with Gasteiger partial charge in [-0.2, -0.15) is 5.10 Å². The van der Waals surface area contributed by atoms with Crippen LogP contribution >= 0.6 is 15.9 Å². The Morgan fingerprint density at radius 3 is 2.72 bits per heavy atom. The second kappa shape index (κ2) is 7.81. The van der Waals surface area contributed by atoms with Gasteiger partial charge >= 0.3 is 0 Å². The van der Waals surface area contributed by atoms with Crippen LogP contribution in [0, 0.1) is 0 Å². The molecule has 1 amide bonds. The maximum atomic E-state index is 11.8. The number of nitrogens with zero attached hydrogens (tertiary/aromatic N) is 1. The SMILES string of the molecule is O=C(COc1ccccc1Br)NN=Cc1c(O)ccc2ccccc12. The summed E-state index contributed by atoms with van der Waals surface area (Å²) >= 11 is 3.35. The van der Waals surface area contributed by atoms with Crippen LogP contribution in [0.4, 0.5) is 0 Å². The van der Waals surface area contributed by atoms with Crippen LogP contribution in [0.1, 0.15) is 5.56 Å². The van der Waals surface area contributed by atoms with Gasteiger partial charge in [0, 0.05) is 5.56 Å². The summed E-state index contributed by atoms with van der Waals surface area (Å²) in [6.07, 6.45) is 1.42. The molecule has 5 nitrogen and oxygen atoms in total. The first-order valence-corrected chi connectivity index (χ1v) is 8.34. The van der Waals surface area contributed by atoms with E-state index in [2.05, 4.69) is 26.5 Å². The number of amides is 1. The molecule has 0 saturated carbocycles. The molecule has 0 aromatic heterocycles. The molecule has 6 heteroatoms. The number of hydrogen-bond donors (Lipinski definition) is 2. The van der Waals surface area contributed by atoms with Gasteiger partial charge in [0.2, 0.25) is 0 Å². The highest BCUT2D eigenvalue weighted by Crippen LogP contribution is 2.25. The fourth-order valence-electron chi connectivity index (χ4n) is 2.33. The fourth-order valence-corrected chi connectivity index (χ4v) is 2.73. The molecule has 0 aliphatic carbocycles. The van der Waals surface area contributed by atoms with E-state index in [1.807, 2.05) is 48.5 Å². The normalized spacial score (nSPS) is 10.9. The minimum atomic E-state index is -0.397. The van der Waals surface area contributed by atoms with E-state index in [4.69, 9.17) is 4.74 Å². The van der Waals surface area contributed by atoms with Crippen LogP contribution in [0.3, 0.4) is 0 Å². The highest BCUT2D eigenvalue weighted by Gasteiger charge is 2.06. The molecule has 126 valence electrons. The number of carbonyl (C=O) groups is 1. The zero-order chi connectivity index (χ0) is 17.6. The second-order valence-corrected chi connectivity index (χ2v) is 6.09. The number of phenols is 1. The van der Waals surface area contributed by atoms with Crippen molar-refractivity contribution in [3.05, 3.63) is 70.7 Å². The summed E-state index contributed by atoms with van der Waals surface area (Å²) in [7, 11) is 0. The van der Waals surface area contributed by atoms with Gasteiger partial charge in [0.25, 0.3) is 5.91 Å². The Labute approximate surface area is 153 Å². The molecule has 25 heavy (non-hydrogen) atoms. The number of nitrogens with one attached hydrogen (secondary N) is 1. The minimum Gasteiger partial charge on any atom is -0.507 e. The Morgan fingerprint density at radius 1 is 1.12 bits per heavy atom. The van der Waals surface area contributed by atoms with Gasteiger partial charge in [-0.3, -0.25) is 4.79 Å². The first-order valence-electron chi connectivity index (χ1n) is 7.55.